The molecule has 0 aliphatic carbocycles. The molecule has 0 bridgehead atoms. The largest absolute Gasteiger partial charge is 0.329 e. The van der Waals surface area contributed by atoms with E-state index in [0.29, 0.717) is 5.92 Å². The van der Waals surface area contributed by atoms with Crippen molar-refractivity contribution in [3.8, 4) is 0 Å². The summed E-state index contributed by atoms with van der Waals surface area (Å²) in [5, 5.41) is 3.64. The molecule has 0 rings (SSSR count). The van der Waals surface area contributed by atoms with Crippen LogP contribution in [0.3, 0.4) is 0 Å². The summed E-state index contributed by atoms with van der Waals surface area (Å²) in [6.07, 6.45) is 4.88. The van der Waals surface area contributed by atoms with Gasteiger partial charge in [0.25, 0.3) is 0 Å². The fraction of sp³-hybridized carbons (Fsp3) is 1.00. The Hall–Kier alpha value is -0.0800. The van der Waals surface area contributed by atoms with E-state index in [2.05, 4.69) is 33.0 Å². The molecule has 1 unspecified atom stereocenters. The smallest absolute Gasteiger partial charge is 0.0301 e. The van der Waals surface area contributed by atoms with Crippen molar-refractivity contribution in [1.82, 2.24) is 5.32 Å². The monoisotopic (exact) mass is 200 g/mol. The predicted molar refractivity (Wildman–Crippen MR) is 64.4 cm³/mol. The Morgan fingerprint density at radius 2 is 1.93 bits per heavy atom. The molecular weight excluding hydrogens is 172 g/mol. The molecule has 1 atom stereocenters. The highest BCUT2D eigenvalue weighted by molar-refractivity contribution is 4.87. The maximum absolute atomic E-state index is 5.88. The van der Waals surface area contributed by atoms with E-state index in [4.69, 9.17) is 5.73 Å². The van der Waals surface area contributed by atoms with Crippen LogP contribution in [0.4, 0.5) is 0 Å². The van der Waals surface area contributed by atoms with E-state index in [-0.39, 0.29) is 5.54 Å². The Labute approximate surface area is 89.6 Å². The summed E-state index contributed by atoms with van der Waals surface area (Å²) in [7, 11) is 0. The molecule has 0 aliphatic rings. The fourth-order valence-electron chi connectivity index (χ4n) is 1.64. The summed E-state index contributed by atoms with van der Waals surface area (Å²) in [5.41, 5.74) is 6.08. The second kappa shape index (κ2) is 7.24. The van der Waals surface area contributed by atoms with E-state index >= 15 is 0 Å². The maximum Gasteiger partial charge on any atom is 0.0301 e. The van der Waals surface area contributed by atoms with Gasteiger partial charge in [0.2, 0.25) is 0 Å². The van der Waals surface area contributed by atoms with Gasteiger partial charge in [-0.05, 0) is 25.3 Å². The molecule has 14 heavy (non-hydrogen) atoms. The zero-order valence-electron chi connectivity index (χ0n) is 10.4. The van der Waals surface area contributed by atoms with Gasteiger partial charge < -0.3 is 11.1 Å². The number of rotatable bonds is 8. The summed E-state index contributed by atoms with van der Waals surface area (Å²) in [6, 6.07) is 0. The first-order chi connectivity index (χ1) is 6.60. The van der Waals surface area contributed by atoms with Crippen LogP contribution in [0.15, 0.2) is 0 Å². The van der Waals surface area contributed by atoms with Crippen molar-refractivity contribution >= 4 is 0 Å². The van der Waals surface area contributed by atoms with Crippen LogP contribution in [0.1, 0.15) is 53.4 Å². The Balaban J connectivity index is 4.07. The van der Waals surface area contributed by atoms with Crippen molar-refractivity contribution in [2.24, 2.45) is 11.7 Å². The number of hydrogen-bond donors (Lipinski definition) is 2. The highest BCUT2D eigenvalue weighted by Crippen LogP contribution is 2.17. The van der Waals surface area contributed by atoms with Crippen molar-refractivity contribution in [2.75, 3.05) is 13.1 Å². The normalized spacial score (nSPS) is 15.9. The topological polar surface area (TPSA) is 38.0 Å². The summed E-state index contributed by atoms with van der Waals surface area (Å²) in [4.78, 5) is 0. The second-order valence-electron chi connectivity index (χ2n) is 4.72. The molecule has 0 fully saturated rings. The molecule has 0 amide bonds. The lowest BCUT2D eigenvalue weighted by atomic mass is 9.89. The molecule has 86 valence electrons. The zero-order chi connectivity index (χ0) is 11.0. The molecular formula is C12H28N2. The third-order valence-corrected chi connectivity index (χ3v) is 2.96. The number of unbranched alkanes of at least 4 members (excludes halogenated alkanes) is 1. The molecule has 0 saturated carbocycles. The maximum atomic E-state index is 5.88. The Morgan fingerprint density at radius 1 is 1.29 bits per heavy atom. The summed E-state index contributed by atoms with van der Waals surface area (Å²) >= 11 is 0. The highest BCUT2D eigenvalue weighted by atomic mass is 15.0. The lowest BCUT2D eigenvalue weighted by molar-refractivity contribution is 0.278. The van der Waals surface area contributed by atoms with E-state index in [9.17, 15) is 0 Å². The standard InChI is InChI=1S/C12H28N2/c1-5-7-8-12(6-2,10-13)14-9-11(3)4/h11,14H,5-10,13H2,1-4H3. The van der Waals surface area contributed by atoms with Crippen LogP contribution in [0.2, 0.25) is 0 Å². The van der Waals surface area contributed by atoms with E-state index < -0.39 is 0 Å². The average molecular weight is 200 g/mol. The molecule has 2 nitrogen and oxygen atoms in total. The Morgan fingerprint density at radius 3 is 2.29 bits per heavy atom. The van der Waals surface area contributed by atoms with Crippen LogP contribution in [-0.2, 0) is 0 Å². The quantitative estimate of drug-likeness (QED) is 0.632. The Kier molecular flexibility index (Phi) is 7.20. The van der Waals surface area contributed by atoms with E-state index in [1.165, 1.54) is 19.3 Å². The van der Waals surface area contributed by atoms with Crippen molar-refractivity contribution in [3.05, 3.63) is 0 Å². The molecule has 2 heteroatoms. The summed E-state index contributed by atoms with van der Waals surface area (Å²) in [5.74, 6) is 0.703. The van der Waals surface area contributed by atoms with Gasteiger partial charge in [0.05, 0.1) is 0 Å². The number of nitrogens with two attached hydrogens (primary N) is 1. The molecule has 0 heterocycles. The van der Waals surface area contributed by atoms with Crippen LogP contribution in [0.5, 0.6) is 0 Å². The van der Waals surface area contributed by atoms with E-state index in [1.807, 2.05) is 0 Å². The molecule has 0 saturated heterocycles. The van der Waals surface area contributed by atoms with Crippen LogP contribution in [0.25, 0.3) is 0 Å². The minimum Gasteiger partial charge on any atom is -0.329 e. The zero-order valence-corrected chi connectivity index (χ0v) is 10.4. The summed E-state index contributed by atoms with van der Waals surface area (Å²) in [6.45, 7) is 10.8. The average Bonchev–Trinajstić information content (AvgIpc) is 2.19. The first-order valence-electron chi connectivity index (χ1n) is 6.05. The lowest BCUT2D eigenvalue weighted by Crippen LogP contribution is -2.51. The lowest BCUT2D eigenvalue weighted by Gasteiger charge is -2.33. The van der Waals surface area contributed by atoms with Gasteiger partial charge in [0.15, 0.2) is 0 Å². The molecule has 0 aromatic carbocycles. The number of hydrogen-bond acceptors (Lipinski definition) is 2. The number of nitrogens with one attached hydrogen (secondary N) is 1. The van der Waals surface area contributed by atoms with Crippen LogP contribution >= 0.6 is 0 Å². The van der Waals surface area contributed by atoms with Crippen LogP contribution in [-0.4, -0.2) is 18.6 Å². The van der Waals surface area contributed by atoms with Gasteiger partial charge in [0, 0.05) is 12.1 Å². The van der Waals surface area contributed by atoms with Gasteiger partial charge in [-0.2, -0.15) is 0 Å². The van der Waals surface area contributed by atoms with Gasteiger partial charge in [-0.1, -0.05) is 40.5 Å². The van der Waals surface area contributed by atoms with Crippen molar-refractivity contribution < 1.29 is 0 Å². The van der Waals surface area contributed by atoms with Crippen molar-refractivity contribution in [1.29, 1.82) is 0 Å². The van der Waals surface area contributed by atoms with Crippen molar-refractivity contribution in [2.45, 2.75) is 58.9 Å². The third-order valence-electron chi connectivity index (χ3n) is 2.96. The van der Waals surface area contributed by atoms with Crippen LogP contribution in [0, 0.1) is 5.92 Å². The van der Waals surface area contributed by atoms with Crippen LogP contribution < -0.4 is 11.1 Å². The fourth-order valence-corrected chi connectivity index (χ4v) is 1.64. The van der Waals surface area contributed by atoms with E-state index in [0.717, 1.165) is 19.5 Å². The Bertz CT molecular complexity index is 128. The molecule has 3 N–H and O–H groups in total. The first-order valence-corrected chi connectivity index (χ1v) is 6.05. The first kappa shape index (κ1) is 13.9. The van der Waals surface area contributed by atoms with E-state index in [1.54, 1.807) is 0 Å². The molecule has 0 spiro atoms. The molecule has 0 radical (unpaired) electrons. The van der Waals surface area contributed by atoms with Gasteiger partial charge in [0.1, 0.15) is 0 Å². The van der Waals surface area contributed by atoms with Gasteiger partial charge in [-0.15, -0.1) is 0 Å². The minimum absolute atomic E-state index is 0.195. The van der Waals surface area contributed by atoms with Gasteiger partial charge in [-0.3, -0.25) is 0 Å². The SMILES string of the molecule is CCCCC(CC)(CN)NCC(C)C. The second-order valence-corrected chi connectivity index (χ2v) is 4.72. The van der Waals surface area contributed by atoms with Crippen molar-refractivity contribution in [3.63, 3.8) is 0 Å². The minimum atomic E-state index is 0.195. The predicted octanol–water partition coefficient (Wildman–Crippen LogP) is 2.53. The summed E-state index contributed by atoms with van der Waals surface area (Å²) < 4.78 is 0. The highest BCUT2D eigenvalue weighted by Gasteiger charge is 2.24. The third kappa shape index (κ3) is 4.97. The molecule has 0 aromatic heterocycles. The molecule has 0 aromatic rings. The van der Waals surface area contributed by atoms with Gasteiger partial charge >= 0.3 is 0 Å². The van der Waals surface area contributed by atoms with Gasteiger partial charge in [-0.25, -0.2) is 0 Å². The molecule has 0 aliphatic heterocycles.